The highest BCUT2D eigenvalue weighted by Crippen LogP contribution is 2.46. The van der Waals surface area contributed by atoms with Crippen LogP contribution in [0.1, 0.15) is 207 Å². The van der Waals surface area contributed by atoms with Crippen molar-refractivity contribution in [1.29, 1.82) is 0 Å². The molecule has 0 amide bonds. The van der Waals surface area contributed by atoms with Crippen molar-refractivity contribution >= 4 is 13.8 Å². The Balaban J connectivity index is 4.70. The number of carbonyl (C=O) groups is 1. The summed E-state index contributed by atoms with van der Waals surface area (Å²) in [6, 6.07) is 0. The van der Waals surface area contributed by atoms with Gasteiger partial charge in [0.2, 0.25) is 0 Å². The Kier molecular flexibility index (Phi) is 35.1. The Morgan fingerprint density at radius 3 is 1.36 bits per heavy atom. The SMILES string of the molecule is CCCCCCCC/C=C\CCCCCCC(CCCCCCCCCCCCCCCC)C(=O)OC[C@H](CO)OP(=O)(O)OC(CC)C[N+](C)(C)C. The fourth-order valence-electron chi connectivity index (χ4n) is 6.91. The molecule has 3 unspecified atom stereocenters. The third kappa shape index (κ3) is 35.4. The number of carbonyl (C=O) groups excluding carboxylic acids is 1. The molecule has 0 aliphatic heterocycles. The lowest BCUT2D eigenvalue weighted by Gasteiger charge is -2.30. The van der Waals surface area contributed by atoms with Gasteiger partial charge in [-0.2, -0.15) is 0 Å². The van der Waals surface area contributed by atoms with Gasteiger partial charge in [-0.25, -0.2) is 4.57 Å². The smallest absolute Gasteiger partial charge is 0.463 e. The van der Waals surface area contributed by atoms with E-state index in [9.17, 15) is 19.4 Å². The fraction of sp³-hybridized carbons (Fsp3) is 0.932. The zero-order valence-corrected chi connectivity index (χ0v) is 36.7. The van der Waals surface area contributed by atoms with Gasteiger partial charge in [-0.05, 0) is 44.9 Å². The minimum Gasteiger partial charge on any atom is -0.463 e. The highest BCUT2D eigenvalue weighted by molar-refractivity contribution is 7.47. The summed E-state index contributed by atoms with van der Waals surface area (Å²) in [6.07, 6.45) is 38.1. The average molecular weight is 775 g/mol. The second-order valence-electron chi connectivity index (χ2n) is 16.7. The van der Waals surface area contributed by atoms with E-state index >= 15 is 0 Å². The number of esters is 1. The van der Waals surface area contributed by atoms with Crippen molar-refractivity contribution in [2.24, 2.45) is 5.92 Å². The Bertz CT molecular complexity index is 893. The zero-order valence-electron chi connectivity index (χ0n) is 35.8. The first-order valence-corrected chi connectivity index (χ1v) is 23.9. The molecule has 316 valence electrons. The highest BCUT2D eigenvalue weighted by Gasteiger charge is 2.33. The molecule has 9 heteroatoms. The molecule has 53 heavy (non-hydrogen) atoms. The number of likely N-dealkylation sites (N-methyl/N-ethyl adjacent to an activating group) is 1. The van der Waals surface area contributed by atoms with Crippen LogP contribution >= 0.6 is 7.82 Å². The number of aliphatic hydroxyl groups excluding tert-OH is 1. The van der Waals surface area contributed by atoms with Gasteiger partial charge in [0.25, 0.3) is 0 Å². The third-order valence-electron chi connectivity index (χ3n) is 10.2. The number of rotatable bonds is 40. The van der Waals surface area contributed by atoms with Gasteiger partial charge >= 0.3 is 13.8 Å². The van der Waals surface area contributed by atoms with E-state index in [4.69, 9.17) is 13.8 Å². The topological polar surface area (TPSA) is 102 Å². The molecule has 8 nitrogen and oxygen atoms in total. The molecule has 0 radical (unpaired) electrons. The lowest BCUT2D eigenvalue weighted by Crippen LogP contribution is -2.42. The maximum absolute atomic E-state index is 13.3. The number of hydrogen-bond acceptors (Lipinski definition) is 6. The van der Waals surface area contributed by atoms with Gasteiger partial charge in [0, 0.05) is 0 Å². The lowest BCUT2D eigenvalue weighted by molar-refractivity contribution is -0.873. The van der Waals surface area contributed by atoms with Crippen LogP contribution in [-0.2, 0) is 23.1 Å². The van der Waals surface area contributed by atoms with Crippen molar-refractivity contribution in [3.05, 3.63) is 12.2 Å². The van der Waals surface area contributed by atoms with E-state index in [0.29, 0.717) is 17.4 Å². The summed E-state index contributed by atoms with van der Waals surface area (Å²) in [5.74, 6) is -0.514. The predicted molar refractivity (Wildman–Crippen MR) is 224 cm³/mol. The van der Waals surface area contributed by atoms with E-state index < -0.39 is 26.6 Å². The quantitative estimate of drug-likeness (QED) is 0.0210. The third-order valence-corrected chi connectivity index (χ3v) is 11.3. The molecule has 0 bridgehead atoms. The van der Waals surface area contributed by atoms with Crippen molar-refractivity contribution < 1.29 is 37.6 Å². The van der Waals surface area contributed by atoms with Gasteiger partial charge < -0.3 is 19.2 Å². The summed E-state index contributed by atoms with van der Waals surface area (Å²) in [4.78, 5) is 23.7. The molecule has 0 rings (SSSR count). The summed E-state index contributed by atoms with van der Waals surface area (Å²) in [5, 5.41) is 9.90. The second kappa shape index (κ2) is 35.6. The normalized spacial score (nSPS) is 15.1. The van der Waals surface area contributed by atoms with Crippen LogP contribution < -0.4 is 0 Å². The largest absolute Gasteiger partial charge is 0.473 e. The summed E-state index contributed by atoms with van der Waals surface area (Å²) < 4.78 is 29.7. The molecule has 0 heterocycles. The van der Waals surface area contributed by atoms with Crippen LogP contribution in [0.3, 0.4) is 0 Å². The van der Waals surface area contributed by atoms with Crippen molar-refractivity contribution in [1.82, 2.24) is 0 Å². The standard InChI is InChI=1S/C44H88NO7P/c1-7-10-12-14-16-18-20-22-24-26-28-30-32-34-36-41(37-35-33-31-29-27-25-23-21-19-17-15-13-11-8-2)44(47)50-40-43(39-46)52-53(48,49)51-42(9-3)38-45(4,5)6/h22,24,41-43,46H,7-21,23,25-40H2,1-6H3/p+1/b24-22-/t41?,42?,43-/m0/s1. The van der Waals surface area contributed by atoms with Crippen LogP contribution in [-0.4, -0.2) is 73.6 Å². The van der Waals surface area contributed by atoms with Crippen LogP contribution in [0.2, 0.25) is 0 Å². The van der Waals surface area contributed by atoms with Gasteiger partial charge in [-0.3, -0.25) is 13.8 Å². The summed E-state index contributed by atoms with van der Waals surface area (Å²) in [6.45, 7) is 6.11. The first-order chi connectivity index (χ1) is 25.5. The number of quaternary nitrogens is 1. The van der Waals surface area contributed by atoms with Crippen LogP contribution in [0, 0.1) is 5.92 Å². The van der Waals surface area contributed by atoms with Crippen molar-refractivity contribution in [3.8, 4) is 0 Å². The van der Waals surface area contributed by atoms with E-state index in [-0.39, 0.29) is 18.5 Å². The molecule has 0 spiro atoms. The van der Waals surface area contributed by atoms with E-state index in [1.165, 1.54) is 128 Å². The molecule has 0 aromatic rings. The first-order valence-electron chi connectivity index (χ1n) is 22.4. The summed E-state index contributed by atoms with van der Waals surface area (Å²) in [7, 11) is 1.48. The first kappa shape index (κ1) is 52.2. The second-order valence-corrected chi connectivity index (χ2v) is 18.1. The van der Waals surface area contributed by atoms with Gasteiger partial charge in [0.05, 0.1) is 33.7 Å². The van der Waals surface area contributed by atoms with Crippen molar-refractivity contribution in [2.45, 2.75) is 219 Å². The number of nitrogens with zero attached hydrogens (tertiary/aromatic N) is 1. The molecule has 0 saturated carbocycles. The summed E-state index contributed by atoms with van der Waals surface area (Å²) >= 11 is 0. The number of allylic oxidation sites excluding steroid dienone is 2. The van der Waals surface area contributed by atoms with Crippen LogP contribution in [0.15, 0.2) is 12.2 Å². The number of aliphatic hydroxyl groups is 1. The van der Waals surface area contributed by atoms with Crippen LogP contribution in [0.5, 0.6) is 0 Å². The zero-order chi connectivity index (χ0) is 39.5. The number of unbranched alkanes of at least 4 members (excludes halogenated alkanes) is 23. The Labute approximate surface area is 328 Å². The Hall–Kier alpha value is -0.760. The van der Waals surface area contributed by atoms with Gasteiger partial charge in [-0.15, -0.1) is 0 Å². The van der Waals surface area contributed by atoms with E-state index in [0.717, 1.165) is 51.4 Å². The fourth-order valence-corrected chi connectivity index (χ4v) is 8.06. The molecule has 0 saturated heterocycles. The van der Waals surface area contributed by atoms with E-state index in [1.807, 2.05) is 28.1 Å². The lowest BCUT2D eigenvalue weighted by atomic mass is 9.94. The molecule has 0 aromatic carbocycles. The molecular weight excluding hydrogens is 685 g/mol. The molecule has 0 aliphatic rings. The highest BCUT2D eigenvalue weighted by atomic mass is 31.2. The van der Waals surface area contributed by atoms with E-state index in [2.05, 4.69) is 26.0 Å². The number of phosphoric acid groups is 1. The van der Waals surface area contributed by atoms with E-state index in [1.54, 1.807) is 0 Å². The predicted octanol–water partition coefficient (Wildman–Crippen LogP) is 12.6. The number of ether oxygens (including phenoxy) is 1. The maximum Gasteiger partial charge on any atom is 0.473 e. The minimum absolute atomic E-state index is 0.213. The minimum atomic E-state index is -4.46. The molecule has 0 aliphatic carbocycles. The van der Waals surface area contributed by atoms with Crippen molar-refractivity contribution in [3.63, 3.8) is 0 Å². The molecular formula is C44H89NO7P+. The number of phosphoric ester groups is 1. The number of hydrogen-bond donors (Lipinski definition) is 2. The molecule has 0 aromatic heterocycles. The van der Waals surface area contributed by atoms with Crippen LogP contribution in [0.4, 0.5) is 0 Å². The Morgan fingerprint density at radius 1 is 0.604 bits per heavy atom. The molecule has 4 atom stereocenters. The average Bonchev–Trinajstić information content (AvgIpc) is 3.11. The summed E-state index contributed by atoms with van der Waals surface area (Å²) in [5.41, 5.74) is 0. The van der Waals surface area contributed by atoms with Crippen LogP contribution in [0.25, 0.3) is 0 Å². The maximum atomic E-state index is 13.3. The van der Waals surface area contributed by atoms with Gasteiger partial charge in [0.15, 0.2) is 0 Å². The van der Waals surface area contributed by atoms with Crippen molar-refractivity contribution in [2.75, 3.05) is 40.9 Å². The Morgan fingerprint density at radius 2 is 0.981 bits per heavy atom. The molecule has 0 fully saturated rings. The van der Waals surface area contributed by atoms with Gasteiger partial charge in [0.1, 0.15) is 25.4 Å². The monoisotopic (exact) mass is 775 g/mol. The molecule has 2 N–H and O–H groups in total. The van der Waals surface area contributed by atoms with Gasteiger partial charge in [-0.1, -0.05) is 174 Å².